The first-order chi connectivity index (χ1) is 14.5. The first-order valence-corrected chi connectivity index (χ1v) is 9.77. The molecule has 1 aliphatic rings. The lowest BCUT2D eigenvalue weighted by molar-refractivity contribution is -0.119. The molecule has 1 amide bonds. The summed E-state index contributed by atoms with van der Waals surface area (Å²) in [4.78, 5) is 33.7. The van der Waals surface area contributed by atoms with E-state index in [-0.39, 0.29) is 17.5 Å². The zero-order valence-corrected chi connectivity index (χ0v) is 17.2. The summed E-state index contributed by atoms with van der Waals surface area (Å²) in [6, 6.07) is 11.4. The number of anilines is 1. The van der Waals surface area contributed by atoms with Gasteiger partial charge in [0.25, 0.3) is 5.56 Å². The van der Waals surface area contributed by atoms with Crippen LogP contribution in [0.25, 0.3) is 22.3 Å². The molecule has 8 nitrogen and oxygen atoms in total. The van der Waals surface area contributed by atoms with Crippen LogP contribution in [-0.4, -0.2) is 49.2 Å². The Morgan fingerprint density at radius 1 is 1.20 bits per heavy atom. The van der Waals surface area contributed by atoms with Crippen molar-refractivity contribution in [2.45, 2.75) is 19.4 Å². The Morgan fingerprint density at radius 3 is 2.63 bits per heavy atom. The van der Waals surface area contributed by atoms with E-state index in [0.717, 1.165) is 30.8 Å². The number of carbonyl (C=O) groups is 1. The highest BCUT2D eigenvalue weighted by Crippen LogP contribution is 2.29. The Morgan fingerprint density at radius 2 is 1.97 bits per heavy atom. The molecule has 1 aromatic heterocycles. The summed E-state index contributed by atoms with van der Waals surface area (Å²) >= 11 is 0. The topological polar surface area (TPSA) is 96.5 Å². The largest absolute Gasteiger partial charge is 0.497 e. The van der Waals surface area contributed by atoms with Crippen molar-refractivity contribution in [1.29, 1.82) is 0 Å². The number of fused-ring (bicyclic) bond motifs is 1. The molecule has 30 heavy (non-hydrogen) atoms. The van der Waals surface area contributed by atoms with Crippen molar-refractivity contribution < 1.29 is 14.3 Å². The SMILES string of the molecule is COc1cc(OC)c2c(=O)[nH]c(-c3ccc(N4CCC(NC(C)=O)C4)cc3)nc2c1. The lowest BCUT2D eigenvalue weighted by Gasteiger charge is -2.19. The van der Waals surface area contributed by atoms with Crippen molar-refractivity contribution in [3.05, 3.63) is 46.8 Å². The molecule has 1 unspecified atom stereocenters. The van der Waals surface area contributed by atoms with Gasteiger partial charge in [-0.2, -0.15) is 0 Å². The van der Waals surface area contributed by atoms with Crippen molar-refractivity contribution in [2.24, 2.45) is 0 Å². The third-order valence-electron chi connectivity index (χ3n) is 5.30. The second kappa shape index (κ2) is 8.06. The number of aromatic nitrogens is 2. The van der Waals surface area contributed by atoms with Crippen LogP contribution in [0, 0.1) is 0 Å². The number of benzene rings is 2. The van der Waals surface area contributed by atoms with Gasteiger partial charge < -0.3 is 24.7 Å². The van der Waals surface area contributed by atoms with Crippen molar-refractivity contribution >= 4 is 22.5 Å². The maximum absolute atomic E-state index is 12.7. The predicted molar refractivity (Wildman–Crippen MR) is 115 cm³/mol. The normalized spacial score (nSPS) is 16.0. The molecule has 0 saturated carbocycles. The summed E-state index contributed by atoms with van der Waals surface area (Å²) in [5, 5.41) is 3.36. The molecule has 0 radical (unpaired) electrons. The van der Waals surface area contributed by atoms with Gasteiger partial charge in [-0.05, 0) is 30.7 Å². The molecule has 0 bridgehead atoms. The van der Waals surface area contributed by atoms with Crippen molar-refractivity contribution in [3.63, 3.8) is 0 Å². The van der Waals surface area contributed by atoms with E-state index in [1.165, 1.54) is 7.11 Å². The summed E-state index contributed by atoms with van der Waals surface area (Å²) in [7, 11) is 3.07. The van der Waals surface area contributed by atoms with E-state index >= 15 is 0 Å². The summed E-state index contributed by atoms with van der Waals surface area (Å²) in [5.74, 6) is 1.47. The van der Waals surface area contributed by atoms with Gasteiger partial charge in [0, 0.05) is 49.4 Å². The highest BCUT2D eigenvalue weighted by molar-refractivity contribution is 5.87. The lowest BCUT2D eigenvalue weighted by atomic mass is 10.1. The zero-order valence-electron chi connectivity index (χ0n) is 17.2. The second-order valence-corrected chi connectivity index (χ2v) is 7.32. The Kier molecular flexibility index (Phi) is 5.31. The van der Waals surface area contributed by atoms with Crippen LogP contribution in [0.4, 0.5) is 5.69 Å². The molecule has 1 saturated heterocycles. The number of rotatable bonds is 5. The standard InChI is InChI=1S/C22H24N4O4/c1-13(27)23-15-8-9-26(12-15)16-6-4-14(5-7-16)21-24-18-10-17(29-2)11-19(30-3)20(18)22(28)25-21/h4-7,10-11,15H,8-9,12H2,1-3H3,(H,23,27)(H,24,25,28). The number of carbonyl (C=O) groups excluding carboxylic acids is 1. The van der Waals surface area contributed by atoms with Gasteiger partial charge in [-0.3, -0.25) is 9.59 Å². The van der Waals surface area contributed by atoms with E-state index in [9.17, 15) is 9.59 Å². The van der Waals surface area contributed by atoms with E-state index in [2.05, 4.69) is 20.2 Å². The van der Waals surface area contributed by atoms with Crippen LogP contribution in [0.5, 0.6) is 11.5 Å². The molecule has 1 atom stereocenters. The van der Waals surface area contributed by atoms with Crippen LogP contribution in [0.15, 0.2) is 41.2 Å². The first kappa shape index (κ1) is 19.8. The number of nitrogens with zero attached hydrogens (tertiary/aromatic N) is 2. The molecule has 1 aliphatic heterocycles. The van der Waals surface area contributed by atoms with Gasteiger partial charge in [0.1, 0.15) is 22.7 Å². The van der Waals surface area contributed by atoms with Gasteiger partial charge in [-0.25, -0.2) is 4.98 Å². The van der Waals surface area contributed by atoms with Gasteiger partial charge in [-0.1, -0.05) is 0 Å². The predicted octanol–water partition coefficient (Wildman–Crippen LogP) is 2.32. The molecule has 3 aromatic rings. The van der Waals surface area contributed by atoms with Crippen molar-refractivity contribution in [3.8, 4) is 22.9 Å². The van der Waals surface area contributed by atoms with Gasteiger partial charge in [0.15, 0.2) is 0 Å². The molecule has 0 aliphatic carbocycles. The average molecular weight is 408 g/mol. The molecule has 2 N–H and O–H groups in total. The Labute approximate surface area is 173 Å². The minimum atomic E-state index is -0.267. The Hall–Kier alpha value is -3.55. The maximum Gasteiger partial charge on any atom is 0.262 e. The number of ether oxygens (including phenoxy) is 2. The number of amides is 1. The number of H-pyrrole nitrogens is 1. The molecule has 8 heteroatoms. The smallest absolute Gasteiger partial charge is 0.262 e. The Balaban J connectivity index is 1.63. The van der Waals surface area contributed by atoms with Crippen molar-refractivity contribution in [2.75, 3.05) is 32.2 Å². The van der Waals surface area contributed by atoms with E-state index in [1.807, 2.05) is 24.3 Å². The monoisotopic (exact) mass is 408 g/mol. The molecule has 2 aromatic carbocycles. The fourth-order valence-electron chi connectivity index (χ4n) is 3.86. The fraction of sp³-hybridized carbons (Fsp3) is 0.318. The minimum Gasteiger partial charge on any atom is -0.497 e. The van der Waals surface area contributed by atoms with E-state index < -0.39 is 0 Å². The van der Waals surface area contributed by atoms with Gasteiger partial charge in [0.2, 0.25) is 5.91 Å². The minimum absolute atomic E-state index is 0.00297. The fourth-order valence-corrected chi connectivity index (χ4v) is 3.86. The van der Waals surface area contributed by atoms with Crippen LogP contribution in [0.1, 0.15) is 13.3 Å². The van der Waals surface area contributed by atoms with Crippen LogP contribution in [-0.2, 0) is 4.79 Å². The number of hydrogen-bond donors (Lipinski definition) is 2. The molecule has 156 valence electrons. The van der Waals surface area contributed by atoms with E-state index in [0.29, 0.717) is 28.2 Å². The first-order valence-electron chi connectivity index (χ1n) is 9.77. The lowest BCUT2D eigenvalue weighted by Crippen LogP contribution is -2.35. The van der Waals surface area contributed by atoms with Gasteiger partial charge in [0.05, 0.1) is 19.7 Å². The molecular formula is C22H24N4O4. The molecule has 0 spiro atoms. The van der Waals surface area contributed by atoms with Crippen LogP contribution in [0.2, 0.25) is 0 Å². The number of hydrogen-bond acceptors (Lipinski definition) is 6. The quantitative estimate of drug-likeness (QED) is 0.673. The average Bonchev–Trinajstić information content (AvgIpc) is 3.20. The van der Waals surface area contributed by atoms with Crippen LogP contribution >= 0.6 is 0 Å². The van der Waals surface area contributed by atoms with Crippen molar-refractivity contribution in [1.82, 2.24) is 15.3 Å². The number of nitrogens with one attached hydrogen (secondary N) is 2. The molecule has 2 heterocycles. The molecule has 4 rings (SSSR count). The Bertz CT molecular complexity index is 1140. The number of methoxy groups -OCH3 is 2. The second-order valence-electron chi connectivity index (χ2n) is 7.32. The van der Waals surface area contributed by atoms with Crippen LogP contribution < -0.4 is 25.2 Å². The van der Waals surface area contributed by atoms with E-state index in [1.54, 1.807) is 26.2 Å². The highest BCUT2D eigenvalue weighted by atomic mass is 16.5. The van der Waals surface area contributed by atoms with Gasteiger partial charge in [-0.15, -0.1) is 0 Å². The summed E-state index contributed by atoms with van der Waals surface area (Å²) < 4.78 is 10.6. The van der Waals surface area contributed by atoms with Gasteiger partial charge >= 0.3 is 0 Å². The third kappa shape index (κ3) is 3.80. The van der Waals surface area contributed by atoms with Crippen LogP contribution in [0.3, 0.4) is 0 Å². The molecular weight excluding hydrogens is 384 g/mol. The maximum atomic E-state index is 12.7. The third-order valence-corrected chi connectivity index (χ3v) is 5.30. The van der Waals surface area contributed by atoms with E-state index in [4.69, 9.17) is 9.47 Å². The summed E-state index contributed by atoms with van der Waals surface area (Å²) in [6.07, 6.45) is 0.921. The summed E-state index contributed by atoms with van der Waals surface area (Å²) in [6.45, 7) is 3.21. The number of aromatic amines is 1. The molecule has 1 fully saturated rings. The highest BCUT2D eigenvalue weighted by Gasteiger charge is 2.23. The zero-order chi connectivity index (χ0) is 21.3. The summed E-state index contributed by atoms with van der Waals surface area (Å²) in [5.41, 5.74) is 2.11.